The van der Waals surface area contributed by atoms with Crippen LogP contribution >= 0.6 is 11.6 Å². The van der Waals surface area contributed by atoms with E-state index in [0.29, 0.717) is 10.7 Å². The van der Waals surface area contributed by atoms with Gasteiger partial charge in [-0.3, -0.25) is 9.59 Å². The molecular formula is C16H21ClN2O2. The average molecular weight is 309 g/mol. The molecule has 0 aliphatic carbocycles. The number of nitrogens with one attached hydrogen (secondary N) is 1. The Bertz CT molecular complexity index is 537. The SMILES string of the molecule is CC(C)(C(=O)Nc1ccccc1Cl)C(=O)N1CCCCC1. The molecule has 5 heteroatoms. The molecule has 1 aliphatic heterocycles. The summed E-state index contributed by atoms with van der Waals surface area (Å²) >= 11 is 6.04. The summed E-state index contributed by atoms with van der Waals surface area (Å²) < 4.78 is 0. The lowest BCUT2D eigenvalue weighted by molar-refractivity contribution is -0.147. The number of likely N-dealkylation sites (tertiary alicyclic amines) is 1. The molecule has 1 aromatic rings. The van der Waals surface area contributed by atoms with Gasteiger partial charge in [-0.15, -0.1) is 0 Å². The number of carbonyl (C=O) groups excluding carboxylic acids is 2. The highest BCUT2D eigenvalue weighted by Crippen LogP contribution is 2.26. The molecule has 2 amide bonds. The summed E-state index contributed by atoms with van der Waals surface area (Å²) in [5.74, 6) is -0.446. The Morgan fingerprint density at radius 1 is 1.14 bits per heavy atom. The van der Waals surface area contributed by atoms with Crippen molar-refractivity contribution in [2.24, 2.45) is 5.41 Å². The molecule has 1 fully saturated rings. The van der Waals surface area contributed by atoms with Crippen LogP contribution in [0.1, 0.15) is 33.1 Å². The third-order valence-corrected chi connectivity index (χ3v) is 4.20. The highest BCUT2D eigenvalue weighted by Gasteiger charge is 2.39. The fourth-order valence-corrected chi connectivity index (χ4v) is 2.61. The van der Waals surface area contributed by atoms with Gasteiger partial charge in [0.2, 0.25) is 11.8 Å². The molecule has 1 N–H and O–H groups in total. The van der Waals surface area contributed by atoms with Crippen LogP contribution in [0.5, 0.6) is 0 Å². The van der Waals surface area contributed by atoms with Crippen molar-refractivity contribution in [3.63, 3.8) is 0 Å². The molecule has 1 saturated heterocycles. The second-order valence-corrected chi connectivity index (χ2v) is 6.32. The van der Waals surface area contributed by atoms with Crippen LogP contribution in [0, 0.1) is 5.41 Å². The van der Waals surface area contributed by atoms with E-state index in [1.165, 1.54) is 0 Å². The summed E-state index contributed by atoms with van der Waals surface area (Å²) in [5, 5.41) is 3.22. The lowest BCUT2D eigenvalue weighted by Crippen LogP contribution is -2.49. The van der Waals surface area contributed by atoms with Crippen molar-refractivity contribution >= 4 is 29.1 Å². The number of para-hydroxylation sites is 1. The minimum absolute atomic E-state index is 0.119. The fourth-order valence-electron chi connectivity index (χ4n) is 2.43. The first-order valence-electron chi connectivity index (χ1n) is 7.28. The van der Waals surface area contributed by atoms with Gasteiger partial charge in [-0.05, 0) is 45.2 Å². The van der Waals surface area contributed by atoms with Crippen molar-refractivity contribution in [1.29, 1.82) is 0 Å². The van der Waals surface area contributed by atoms with Gasteiger partial charge in [0.15, 0.2) is 0 Å². The maximum absolute atomic E-state index is 12.6. The molecule has 2 rings (SSSR count). The molecule has 4 nitrogen and oxygen atoms in total. The zero-order valence-electron chi connectivity index (χ0n) is 12.5. The topological polar surface area (TPSA) is 49.4 Å². The summed E-state index contributed by atoms with van der Waals surface area (Å²) in [6.07, 6.45) is 3.16. The molecule has 0 bridgehead atoms. The summed E-state index contributed by atoms with van der Waals surface area (Å²) in [4.78, 5) is 26.8. The van der Waals surface area contributed by atoms with E-state index < -0.39 is 5.41 Å². The van der Waals surface area contributed by atoms with Gasteiger partial charge in [0.25, 0.3) is 0 Å². The van der Waals surface area contributed by atoms with E-state index in [1.54, 1.807) is 43.0 Å². The van der Waals surface area contributed by atoms with Gasteiger partial charge in [-0.1, -0.05) is 23.7 Å². The fraction of sp³-hybridized carbons (Fsp3) is 0.500. The molecule has 0 atom stereocenters. The summed E-state index contributed by atoms with van der Waals surface area (Å²) in [7, 11) is 0. The molecule has 1 heterocycles. The number of hydrogen-bond donors (Lipinski definition) is 1. The summed E-state index contributed by atoms with van der Waals surface area (Å²) in [6.45, 7) is 4.80. The third kappa shape index (κ3) is 3.56. The summed E-state index contributed by atoms with van der Waals surface area (Å²) in [6, 6.07) is 7.02. The zero-order chi connectivity index (χ0) is 15.5. The number of halogens is 1. The van der Waals surface area contributed by atoms with Gasteiger partial charge in [0, 0.05) is 13.1 Å². The number of rotatable bonds is 3. The third-order valence-electron chi connectivity index (χ3n) is 3.87. The molecule has 0 radical (unpaired) electrons. The Hall–Kier alpha value is -1.55. The van der Waals surface area contributed by atoms with Crippen molar-refractivity contribution in [3.05, 3.63) is 29.3 Å². The molecular weight excluding hydrogens is 288 g/mol. The first kappa shape index (κ1) is 15.8. The molecule has 0 saturated carbocycles. The maximum Gasteiger partial charge on any atom is 0.239 e. The van der Waals surface area contributed by atoms with E-state index >= 15 is 0 Å². The molecule has 1 aromatic carbocycles. The van der Waals surface area contributed by atoms with Gasteiger partial charge in [-0.2, -0.15) is 0 Å². The number of carbonyl (C=O) groups is 2. The maximum atomic E-state index is 12.6. The van der Waals surface area contributed by atoms with E-state index in [2.05, 4.69) is 5.32 Å². The molecule has 1 aliphatic rings. The van der Waals surface area contributed by atoms with Gasteiger partial charge in [0.05, 0.1) is 10.7 Å². The molecule has 0 aromatic heterocycles. The zero-order valence-corrected chi connectivity index (χ0v) is 13.2. The normalized spacial score (nSPS) is 15.7. The van der Waals surface area contributed by atoms with Crippen LogP contribution < -0.4 is 5.32 Å². The van der Waals surface area contributed by atoms with Gasteiger partial charge in [-0.25, -0.2) is 0 Å². The Kier molecular flexibility index (Phi) is 4.88. The van der Waals surface area contributed by atoms with Crippen LogP contribution in [0.2, 0.25) is 5.02 Å². The average Bonchev–Trinajstić information content (AvgIpc) is 2.49. The Morgan fingerprint density at radius 3 is 2.38 bits per heavy atom. The predicted molar refractivity (Wildman–Crippen MR) is 84.3 cm³/mol. The van der Waals surface area contributed by atoms with E-state index in [0.717, 1.165) is 32.4 Å². The van der Waals surface area contributed by atoms with Gasteiger partial charge in [0.1, 0.15) is 5.41 Å². The second-order valence-electron chi connectivity index (χ2n) is 5.91. The van der Waals surface area contributed by atoms with Crippen molar-refractivity contribution < 1.29 is 9.59 Å². The van der Waals surface area contributed by atoms with Crippen molar-refractivity contribution in [3.8, 4) is 0 Å². The van der Waals surface area contributed by atoms with Crippen LogP contribution in [-0.4, -0.2) is 29.8 Å². The number of amides is 2. The Balaban J connectivity index is 2.09. The molecule has 0 spiro atoms. The first-order valence-corrected chi connectivity index (χ1v) is 7.66. The van der Waals surface area contributed by atoms with Crippen LogP contribution in [-0.2, 0) is 9.59 Å². The first-order chi connectivity index (χ1) is 9.93. The van der Waals surface area contributed by atoms with Gasteiger partial charge < -0.3 is 10.2 Å². The monoisotopic (exact) mass is 308 g/mol. The van der Waals surface area contributed by atoms with Crippen molar-refractivity contribution in [2.75, 3.05) is 18.4 Å². The van der Waals surface area contributed by atoms with E-state index in [1.807, 2.05) is 0 Å². The van der Waals surface area contributed by atoms with Gasteiger partial charge >= 0.3 is 0 Å². The number of anilines is 1. The predicted octanol–water partition coefficient (Wildman–Crippen LogP) is 3.32. The van der Waals surface area contributed by atoms with Crippen LogP contribution in [0.25, 0.3) is 0 Å². The highest BCUT2D eigenvalue weighted by atomic mass is 35.5. The largest absolute Gasteiger partial charge is 0.342 e. The summed E-state index contributed by atoms with van der Waals surface area (Å²) in [5.41, 5.74) is -0.569. The molecule has 0 unspecified atom stereocenters. The minimum atomic E-state index is -1.10. The number of hydrogen-bond acceptors (Lipinski definition) is 2. The second kappa shape index (κ2) is 6.48. The quantitative estimate of drug-likeness (QED) is 0.871. The number of piperidine rings is 1. The van der Waals surface area contributed by atoms with E-state index in [4.69, 9.17) is 11.6 Å². The Morgan fingerprint density at radius 2 is 1.76 bits per heavy atom. The van der Waals surface area contributed by atoms with Crippen LogP contribution in [0.4, 0.5) is 5.69 Å². The molecule has 114 valence electrons. The van der Waals surface area contributed by atoms with E-state index in [-0.39, 0.29) is 11.8 Å². The number of nitrogens with zero attached hydrogens (tertiary/aromatic N) is 1. The van der Waals surface area contributed by atoms with Crippen LogP contribution in [0.15, 0.2) is 24.3 Å². The van der Waals surface area contributed by atoms with Crippen molar-refractivity contribution in [1.82, 2.24) is 4.90 Å². The van der Waals surface area contributed by atoms with E-state index in [9.17, 15) is 9.59 Å². The standard InChI is InChI=1S/C16H21ClN2O2/c1-16(2,15(21)19-10-6-3-7-11-19)14(20)18-13-9-5-4-8-12(13)17/h4-5,8-9H,3,6-7,10-11H2,1-2H3,(H,18,20). The minimum Gasteiger partial charge on any atom is -0.342 e. The number of benzene rings is 1. The molecule has 21 heavy (non-hydrogen) atoms. The lowest BCUT2D eigenvalue weighted by atomic mass is 9.89. The van der Waals surface area contributed by atoms with Crippen molar-refractivity contribution in [2.45, 2.75) is 33.1 Å². The smallest absolute Gasteiger partial charge is 0.239 e. The lowest BCUT2D eigenvalue weighted by Gasteiger charge is -2.33. The Labute approximate surface area is 130 Å². The van der Waals surface area contributed by atoms with Crippen LogP contribution in [0.3, 0.4) is 0 Å². The highest BCUT2D eigenvalue weighted by molar-refractivity contribution is 6.33.